The third-order valence-corrected chi connectivity index (χ3v) is 2.14. The molecule has 0 amide bonds. The molecule has 0 fully saturated rings. The Hall–Kier alpha value is -1.80. The summed E-state index contributed by atoms with van der Waals surface area (Å²) in [6, 6.07) is 0. The van der Waals surface area contributed by atoms with Crippen LogP contribution in [0, 0.1) is 0 Å². The number of aliphatic carboxylic acids is 4. The average Bonchev–Trinajstić information content (AvgIpc) is 2.22. The molecule has 0 bridgehead atoms. The Morgan fingerprint density at radius 2 is 0.708 bits per heavy atom. The van der Waals surface area contributed by atoms with Crippen LogP contribution in [0.15, 0.2) is 0 Å². The Balaban J connectivity index is -0.000000301. The van der Waals surface area contributed by atoms with E-state index in [1.165, 1.54) is 0 Å². The molecule has 13 nitrogen and oxygen atoms in total. The summed E-state index contributed by atoms with van der Waals surface area (Å²) in [6.45, 7) is -3.25. The normalized spacial score (nSPS) is 8.92. The molecule has 0 rings (SSSR count). The van der Waals surface area contributed by atoms with Gasteiger partial charge in [0.25, 0.3) is 0 Å². The van der Waals surface area contributed by atoms with Gasteiger partial charge in [0.05, 0.1) is 23.9 Å². The van der Waals surface area contributed by atoms with E-state index < -0.39 is 50.1 Å². The third-order valence-electron chi connectivity index (χ3n) is 2.14. The quantitative estimate of drug-likeness (QED) is 0.296. The monoisotopic (exact) mass is 398 g/mol. The van der Waals surface area contributed by atoms with E-state index in [-0.39, 0.29) is 46.6 Å². The first-order valence-electron chi connectivity index (χ1n) is 5.44. The summed E-state index contributed by atoms with van der Waals surface area (Å²) < 4.78 is 0. The summed E-state index contributed by atoms with van der Waals surface area (Å²) in [7, 11) is 0. The largest absolute Gasteiger partial charge is 4.00 e. The van der Waals surface area contributed by atoms with Gasteiger partial charge in [0.1, 0.15) is 0 Å². The zero-order chi connectivity index (χ0) is 15.7. The SMILES string of the molecule is O.O.O.O=C([O-])CN(CCN(CC(=O)[O-])CC(=O)[O-])CC(=O)[O-].[Fe+4]. The molecule has 0 radical (unpaired) electrons. The Morgan fingerprint density at radius 3 is 0.833 bits per heavy atom. The first-order valence-corrected chi connectivity index (χ1v) is 5.44. The summed E-state index contributed by atoms with van der Waals surface area (Å²) in [5.74, 6) is -6.12. The summed E-state index contributed by atoms with van der Waals surface area (Å²) in [5.41, 5.74) is 0. The fraction of sp³-hybridized carbons (Fsp3) is 0.600. The Labute approximate surface area is 146 Å². The van der Waals surface area contributed by atoms with Crippen LogP contribution in [0.5, 0.6) is 0 Å². The minimum Gasteiger partial charge on any atom is -0.549 e. The molecule has 0 saturated heterocycles. The molecule has 14 heteroatoms. The molecular formula is C10H18FeN2O11. The van der Waals surface area contributed by atoms with Gasteiger partial charge in [-0.05, 0) is 0 Å². The minimum atomic E-state index is -1.53. The van der Waals surface area contributed by atoms with E-state index >= 15 is 0 Å². The second-order valence-corrected chi connectivity index (χ2v) is 3.91. The molecular weight excluding hydrogens is 380 g/mol. The van der Waals surface area contributed by atoms with Crippen LogP contribution in [0.25, 0.3) is 0 Å². The molecule has 0 aliphatic rings. The van der Waals surface area contributed by atoms with E-state index in [2.05, 4.69) is 0 Å². The zero-order valence-electron chi connectivity index (χ0n) is 12.3. The van der Waals surface area contributed by atoms with Gasteiger partial charge in [-0.1, -0.05) is 0 Å². The Bertz CT molecular complexity index is 325. The Kier molecular flexibility index (Phi) is 24.7. The molecule has 0 spiro atoms. The number of rotatable bonds is 11. The van der Waals surface area contributed by atoms with Crippen molar-refractivity contribution in [1.82, 2.24) is 9.80 Å². The van der Waals surface area contributed by atoms with Crippen LogP contribution in [0.1, 0.15) is 0 Å². The van der Waals surface area contributed by atoms with Gasteiger partial charge in [0, 0.05) is 39.3 Å². The van der Waals surface area contributed by atoms with Crippen molar-refractivity contribution in [3.05, 3.63) is 0 Å². The van der Waals surface area contributed by atoms with Gasteiger partial charge >= 0.3 is 17.1 Å². The molecule has 0 aromatic heterocycles. The van der Waals surface area contributed by atoms with E-state index in [0.29, 0.717) is 0 Å². The maximum absolute atomic E-state index is 10.4. The van der Waals surface area contributed by atoms with Crippen LogP contribution in [0.2, 0.25) is 0 Å². The second-order valence-electron chi connectivity index (χ2n) is 3.91. The fourth-order valence-electron chi connectivity index (χ4n) is 1.44. The maximum Gasteiger partial charge on any atom is 4.00 e. The molecule has 0 aliphatic carbocycles. The number of nitrogens with zero attached hydrogens (tertiary/aromatic N) is 2. The van der Waals surface area contributed by atoms with Crippen LogP contribution in [-0.4, -0.2) is 89.4 Å². The van der Waals surface area contributed by atoms with Crippen molar-refractivity contribution in [2.45, 2.75) is 0 Å². The molecule has 0 aromatic carbocycles. The molecule has 0 aromatic rings. The van der Waals surface area contributed by atoms with Crippen molar-refractivity contribution in [3.8, 4) is 0 Å². The second kappa shape index (κ2) is 17.6. The van der Waals surface area contributed by atoms with Crippen molar-refractivity contribution in [2.24, 2.45) is 0 Å². The fourth-order valence-corrected chi connectivity index (χ4v) is 1.44. The first-order chi connectivity index (χ1) is 9.20. The summed E-state index contributed by atoms with van der Waals surface area (Å²) in [6.07, 6.45) is 0. The molecule has 0 heterocycles. The number of carboxylic acid groups (broad SMARTS) is 4. The average molecular weight is 398 g/mol. The maximum atomic E-state index is 10.4. The van der Waals surface area contributed by atoms with E-state index in [1.54, 1.807) is 0 Å². The first kappa shape index (κ1) is 33.7. The predicted octanol–water partition coefficient (Wildman–Crippen LogP) is -9.89. The van der Waals surface area contributed by atoms with E-state index in [9.17, 15) is 39.6 Å². The van der Waals surface area contributed by atoms with Gasteiger partial charge in [-0.3, -0.25) is 9.80 Å². The van der Waals surface area contributed by atoms with Crippen LogP contribution in [0.4, 0.5) is 0 Å². The number of hydrogen-bond donors (Lipinski definition) is 0. The van der Waals surface area contributed by atoms with Crippen molar-refractivity contribution in [3.63, 3.8) is 0 Å². The molecule has 0 aliphatic heterocycles. The van der Waals surface area contributed by atoms with Crippen molar-refractivity contribution in [2.75, 3.05) is 39.3 Å². The van der Waals surface area contributed by atoms with Gasteiger partial charge in [0.15, 0.2) is 0 Å². The zero-order valence-corrected chi connectivity index (χ0v) is 13.4. The Morgan fingerprint density at radius 1 is 0.542 bits per heavy atom. The number of carboxylic acids is 4. The summed E-state index contributed by atoms with van der Waals surface area (Å²) in [5, 5.41) is 41.6. The van der Waals surface area contributed by atoms with Gasteiger partial charge < -0.3 is 56.0 Å². The van der Waals surface area contributed by atoms with Crippen molar-refractivity contribution >= 4 is 23.9 Å². The summed E-state index contributed by atoms with van der Waals surface area (Å²) >= 11 is 0. The van der Waals surface area contributed by atoms with Crippen LogP contribution in [0.3, 0.4) is 0 Å². The van der Waals surface area contributed by atoms with Crippen LogP contribution < -0.4 is 20.4 Å². The number of carbonyl (C=O) groups is 4. The standard InChI is InChI=1S/C10H16N2O8.Fe.3H2O/c13-7(14)3-11(4-8(15)16)1-2-12(5-9(17)18)6-10(19)20;;;;/h1-6H2,(H,13,14)(H,15,16)(H,17,18)(H,19,20);;3*1H2/q;+4;;;/p-4. The van der Waals surface area contributed by atoms with E-state index in [1.807, 2.05) is 0 Å². The minimum absolute atomic E-state index is 0. The van der Waals surface area contributed by atoms with Crippen LogP contribution >= 0.6 is 0 Å². The number of hydrogen-bond acceptors (Lipinski definition) is 10. The van der Waals surface area contributed by atoms with Gasteiger partial charge in [-0.15, -0.1) is 0 Å². The molecule has 6 N–H and O–H groups in total. The van der Waals surface area contributed by atoms with Gasteiger partial charge in [-0.25, -0.2) is 0 Å². The number of carbonyl (C=O) groups excluding carboxylic acids is 4. The molecule has 0 unspecified atom stereocenters. The van der Waals surface area contributed by atoms with Crippen molar-refractivity contribution < 1.29 is 73.1 Å². The summed E-state index contributed by atoms with van der Waals surface area (Å²) in [4.78, 5) is 43.4. The third kappa shape index (κ3) is 20.2. The van der Waals surface area contributed by atoms with Gasteiger partial charge in [-0.2, -0.15) is 0 Å². The topological polar surface area (TPSA) is 262 Å². The smallest absolute Gasteiger partial charge is 0.549 e. The van der Waals surface area contributed by atoms with Gasteiger partial charge in [0.2, 0.25) is 0 Å². The predicted molar refractivity (Wildman–Crippen MR) is 63.7 cm³/mol. The van der Waals surface area contributed by atoms with E-state index in [0.717, 1.165) is 9.80 Å². The molecule has 0 saturated carbocycles. The van der Waals surface area contributed by atoms with Crippen LogP contribution in [-0.2, 0) is 36.2 Å². The molecule has 142 valence electrons. The molecule has 24 heavy (non-hydrogen) atoms. The molecule has 0 atom stereocenters. The van der Waals surface area contributed by atoms with E-state index in [4.69, 9.17) is 0 Å². The van der Waals surface area contributed by atoms with Crippen molar-refractivity contribution in [1.29, 1.82) is 0 Å².